The number of carbonyl (C=O) groups excluding carboxylic acids is 3. The van der Waals surface area contributed by atoms with Crippen molar-refractivity contribution in [2.75, 3.05) is 17.1 Å². The van der Waals surface area contributed by atoms with E-state index in [1.165, 1.54) is 18.4 Å². The van der Waals surface area contributed by atoms with Crippen molar-refractivity contribution in [1.82, 2.24) is 0 Å². The van der Waals surface area contributed by atoms with Crippen molar-refractivity contribution >= 4 is 39.8 Å². The molecule has 2 saturated heterocycles. The van der Waals surface area contributed by atoms with Crippen LogP contribution in [0, 0.1) is 26.7 Å². The second-order valence-electron chi connectivity index (χ2n) is 8.54. The molecule has 7 nitrogen and oxygen atoms in total. The van der Waals surface area contributed by atoms with E-state index in [0.717, 1.165) is 26.6 Å². The Hall–Kier alpha value is -3.49. The van der Waals surface area contributed by atoms with Gasteiger partial charge in [0.1, 0.15) is 10.9 Å². The van der Waals surface area contributed by atoms with Crippen LogP contribution in [0.5, 0.6) is 0 Å². The third-order valence-electron chi connectivity index (χ3n) is 6.50. The van der Waals surface area contributed by atoms with Crippen molar-refractivity contribution in [2.45, 2.75) is 32.9 Å². The lowest BCUT2D eigenvalue weighted by Crippen LogP contribution is -2.37. The van der Waals surface area contributed by atoms with Crippen LogP contribution in [0.25, 0.3) is 0 Å². The number of hydrogen-bond donors (Lipinski definition) is 0. The molecule has 2 aliphatic rings. The molecule has 2 fully saturated rings. The number of rotatable bonds is 4. The zero-order valence-electron chi connectivity index (χ0n) is 19.3. The standard InChI is InChI=1S/C26H24N2O5S/c1-14-10-12-17(13-11-14)21-20-22(33-28(21)18-8-6-5-7-9-18)24(30)27(23(20)29)25-19(26(31)32-4)15(2)16(3)34-25/h5-13,20-22H,1-4H3/t20-,21+,22+/m0/s1. The van der Waals surface area contributed by atoms with Gasteiger partial charge in [-0.3, -0.25) is 14.4 Å². The number of thiophene rings is 1. The minimum absolute atomic E-state index is 0.249. The van der Waals surface area contributed by atoms with E-state index in [0.29, 0.717) is 10.6 Å². The van der Waals surface area contributed by atoms with Gasteiger partial charge in [0.15, 0.2) is 6.10 Å². The molecule has 174 valence electrons. The van der Waals surface area contributed by atoms with Gasteiger partial charge in [-0.05, 0) is 44.0 Å². The summed E-state index contributed by atoms with van der Waals surface area (Å²) in [4.78, 5) is 48.1. The van der Waals surface area contributed by atoms with Crippen LogP contribution in [-0.2, 0) is 19.2 Å². The number of fused-ring (bicyclic) bond motifs is 1. The number of methoxy groups -OCH3 is 1. The predicted octanol–water partition coefficient (Wildman–Crippen LogP) is 4.51. The van der Waals surface area contributed by atoms with Crippen LogP contribution >= 0.6 is 11.3 Å². The second-order valence-corrected chi connectivity index (χ2v) is 9.74. The number of esters is 1. The minimum Gasteiger partial charge on any atom is -0.465 e. The molecule has 1 aromatic heterocycles. The number of amides is 2. The Morgan fingerprint density at radius 3 is 2.29 bits per heavy atom. The molecule has 0 N–H and O–H groups in total. The minimum atomic E-state index is -0.993. The number of para-hydroxylation sites is 1. The van der Waals surface area contributed by atoms with Crippen LogP contribution < -0.4 is 9.96 Å². The maximum atomic E-state index is 13.9. The number of carbonyl (C=O) groups is 3. The van der Waals surface area contributed by atoms with E-state index >= 15 is 0 Å². The summed E-state index contributed by atoms with van der Waals surface area (Å²) in [5.41, 5.74) is 3.67. The maximum Gasteiger partial charge on any atom is 0.341 e. The first-order valence-corrected chi connectivity index (χ1v) is 11.8. The predicted molar refractivity (Wildman–Crippen MR) is 129 cm³/mol. The van der Waals surface area contributed by atoms with Crippen molar-refractivity contribution in [2.24, 2.45) is 5.92 Å². The maximum absolute atomic E-state index is 13.9. The lowest BCUT2D eigenvalue weighted by atomic mass is 9.90. The molecule has 2 amide bonds. The van der Waals surface area contributed by atoms with Gasteiger partial charge >= 0.3 is 5.97 Å². The first-order valence-electron chi connectivity index (χ1n) is 11.0. The molecular formula is C26H24N2O5S. The summed E-state index contributed by atoms with van der Waals surface area (Å²) in [7, 11) is 1.29. The second kappa shape index (κ2) is 8.38. The molecule has 0 unspecified atom stereocenters. The summed E-state index contributed by atoms with van der Waals surface area (Å²) in [6.07, 6.45) is -0.993. The number of benzene rings is 2. The molecule has 34 heavy (non-hydrogen) atoms. The van der Waals surface area contributed by atoms with Crippen molar-refractivity contribution in [3.8, 4) is 0 Å². The first-order chi connectivity index (χ1) is 16.3. The normalized spacial score (nSPS) is 21.8. The first kappa shape index (κ1) is 22.3. The summed E-state index contributed by atoms with van der Waals surface area (Å²) in [5, 5.41) is 1.96. The number of hydrogen-bond acceptors (Lipinski definition) is 7. The van der Waals surface area contributed by atoms with E-state index < -0.39 is 29.9 Å². The van der Waals surface area contributed by atoms with Crippen LogP contribution in [0.4, 0.5) is 10.7 Å². The fourth-order valence-electron chi connectivity index (χ4n) is 4.62. The van der Waals surface area contributed by atoms with Gasteiger partial charge in [0.05, 0.1) is 24.4 Å². The lowest BCUT2D eigenvalue weighted by Gasteiger charge is -2.28. The average molecular weight is 477 g/mol. The van der Waals surface area contributed by atoms with Gasteiger partial charge in [0.2, 0.25) is 5.91 Å². The lowest BCUT2D eigenvalue weighted by molar-refractivity contribution is -0.126. The zero-order chi connectivity index (χ0) is 24.1. The zero-order valence-corrected chi connectivity index (χ0v) is 20.1. The highest BCUT2D eigenvalue weighted by Gasteiger charge is 2.61. The molecular weight excluding hydrogens is 452 g/mol. The monoisotopic (exact) mass is 476 g/mol. The molecule has 0 spiro atoms. The van der Waals surface area contributed by atoms with E-state index in [4.69, 9.17) is 9.57 Å². The average Bonchev–Trinajstić information content (AvgIpc) is 3.45. The Morgan fingerprint density at radius 1 is 0.971 bits per heavy atom. The largest absolute Gasteiger partial charge is 0.465 e. The van der Waals surface area contributed by atoms with Crippen LogP contribution in [0.15, 0.2) is 54.6 Å². The smallest absolute Gasteiger partial charge is 0.341 e. The molecule has 8 heteroatoms. The van der Waals surface area contributed by atoms with Gasteiger partial charge in [-0.25, -0.2) is 14.8 Å². The van der Waals surface area contributed by atoms with Crippen LogP contribution in [0.2, 0.25) is 0 Å². The molecule has 0 radical (unpaired) electrons. The molecule has 5 rings (SSSR count). The number of anilines is 2. The Balaban J connectivity index is 1.61. The van der Waals surface area contributed by atoms with E-state index in [1.54, 1.807) is 12.0 Å². The summed E-state index contributed by atoms with van der Waals surface area (Å²) < 4.78 is 4.95. The van der Waals surface area contributed by atoms with Gasteiger partial charge in [-0.2, -0.15) is 0 Å². The SMILES string of the molecule is COC(=O)c1c(N2C(=O)[C@H]3[C@@H](c4ccc(C)cc4)N(c4ccccc4)O[C@H]3C2=O)sc(C)c1C. The van der Waals surface area contributed by atoms with E-state index in [-0.39, 0.29) is 11.5 Å². The van der Waals surface area contributed by atoms with Crippen LogP contribution in [0.3, 0.4) is 0 Å². The molecule has 2 aromatic carbocycles. The van der Waals surface area contributed by atoms with E-state index in [2.05, 4.69) is 0 Å². The van der Waals surface area contributed by atoms with Crippen LogP contribution in [0.1, 0.15) is 38.0 Å². The van der Waals surface area contributed by atoms with E-state index in [1.807, 2.05) is 68.4 Å². The van der Waals surface area contributed by atoms with Gasteiger partial charge in [-0.15, -0.1) is 11.3 Å². The number of aryl methyl sites for hydroxylation is 2. The number of imide groups is 1. The molecule has 3 aromatic rings. The quantitative estimate of drug-likeness (QED) is 0.407. The highest BCUT2D eigenvalue weighted by atomic mass is 32.1. The highest BCUT2D eigenvalue weighted by molar-refractivity contribution is 7.17. The molecule has 3 heterocycles. The van der Waals surface area contributed by atoms with Gasteiger partial charge in [0, 0.05) is 4.88 Å². The summed E-state index contributed by atoms with van der Waals surface area (Å²) in [5.74, 6) is -2.19. The number of nitrogens with zero attached hydrogens (tertiary/aromatic N) is 2. The summed E-state index contributed by atoms with van der Waals surface area (Å²) in [6, 6.07) is 16.8. The van der Waals surface area contributed by atoms with Crippen molar-refractivity contribution in [3.63, 3.8) is 0 Å². The fraction of sp³-hybridized carbons (Fsp3) is 0.269. The molecule has 2 aliphatic heterocycles. The van der Waals surface area contributed by atoms with Gasteiger partial charge in [0.25, 0.3) is 5.91 Å². The Labute approximate surface area is 201 Å². The van der Waals surface area contributed by atoms with E-state index in [9.17, 15) is 14.4 Å². The van der Waals surface area contributed by atoms with Crippen molar-refractivity contribution in [1.29, 1.82) is 0 Å². The summed E-state index contributed by atoms with van der Waals surface area (Å²) in [6.45, 7) is 5.63. The summed E-state index contributed by atoms with van der Waals surface area (Å²) >= 11 is 1.24. The Morgan fingerprint density at radius 2 is 1.65 bits per heavy atom. The van der Waals surface area contributed by atoms with Crippen molar-refractivity contribution < 1.29 is 24.0 Å². The molecule has 3 atom stereocenters. The molecule has 0 bridgehead atoms. The third-order valence-corrected chi connectivity index (χ3v) is 7.70. The highest BCUT2D eigenvalue weighted by Crippen LogP contribution is 2.49. The Bertz CT molecular complexity index is 1280. The third kappa shape index (κ3) is 3.33. The van der Waals surface area contributed by atoms with Crippen molar-refractivity contribution in [3.05, 3.63) is 81.7 Å². The van der Waals surface area contributed by atoms with Crippen LogP contribution in [-0.4, -0.2) is 31.0 Å². The topological polar surface area (TPSA) is 76.2 Å². The number of ether oxygens (including phenoxy) is 1. The van der Waals surface area contributed by atoms with Gasteiger partial charge < -0.3 is 4.74 Å². The Kier molecular flexibility index (Phi) is 5.50. The molecule has 0 aliphatic carbocycles. The van der Waals surface area contributed by atoms with Gasteiger partial charge in [-0.1, -0.05) is 48.0 Å². The fourth-order valence-corrected chi connectivity index (χ4v) is 5.78. The molecule has 0 saturated carbocycles. The number of hydroxylamine groups is 1.